The Morgan fingerprint density at radius 1 is 1.06 bits per heavy atom. The molecular weight excluding hydrogens is 436 g/mol. The molecule has 0 spiro atoms. The summed E-state index contributed by atoms with van der Waals surface area (Å²) in [7, 11) is -0.802. The van der Waals surface area contributed by atoms with Crippen LogP contribution in [0, 0.1) is 0 Å². The number of ether oxygens (including phenoxy) is 2. The van der Waals surface area contributed by atoms with Gasteiger partial charge in [-0.15, -0.1) is 11.3 Å². The molecule has 3 aromatic rings. The number of methoxy groups -OCH3 is 2. The van der Waals surface area contributed by atoms with Gasteiger partial charge in [0, 0.05) is 19.2 Å². The summed E-state index contributed by atoms with van der Waals surface area (Å²) in [6.45, 7) is 0.671. The minimum absolute atomic E-state index is 0.0156. The minimum atomic E-state index is -3.82. The second kappa shape index (κ2) is 8.70. The van der Waals surface area contributed by atoms with Crippen LogP contribution < -0.4 is 14.8 Å². The summed E-state index contributed by atoms with van der Waals surface area (Å²) in [5.74, 6) is 0.496. The largest absolute Gasteiger partial charge is 0.497 e. The molecule has 0 unspecified atom stereocenters. The number of rotatable bonds is 6. The molecule has 0 radical (unpaired) electrons. The number of anilines is 1. The summed E-state index contributed by atoms with van der Waals surface area (Å²) in [6, 6.07) is 14.3. The number of amides is 1. The lowest BCUT2D eigenvalue weighted by Crippen LogP contribution is -2.36. The molecule has 1 amide bonds. The lowest BCUT2D eigenvalue weighted by Gasteiger charge is -2.28. The number of hydrogen-bond acceptors (Lipinski definition) is 6. The average Bonchev–Trinajstić information content (AvgIpc) is 3.30. The predicted molar refractivity (Wildman–Crippen MR) is 120 cm³/mol. The highest BCUT2D eigenvalue weighted by molar-refractivity contribution is 7.89. The van der Waals surface area contributed by atoms with E-state index in [1.807, 2.05) is 24.3 Å². The summed E-state index contributed by atoms with van der Waals surface area (Å²) in [5, 5.41) is 4.37. The van der Waals surface area contributed by atoms with Crippen molar-refractivity contribution < 1.29 is 22.7 Å². The van der Waals surface area contributed by atoms with E-state index in [0.717, 1.165) is 22.5 Å². The van der Waals surface area contributed by atoms with E-state index in [9.17, 15) is 13.2 Å². The molecule has 162 valence electrons. The van der Waals surface area contributed by atoms with Crippen molar-refractivity contribution in [1.82, 2.24) is 4.31 Å². The summed E-state index contributed by atoms with van der Waals surface area (Å²) < 4.78 is 38.6. The molecule has 0 saturated carbocycles. The molecule has 0 bridgehead atoms. The van der Waals surface area contributed by atoms with E-state index in [0.29, 0.717) is 36.7 Å². The number of fused-ring (bicyclic) bond motifs is 1. The molecule has 2 heterocycles. The van der Waals surface area contributed by atoms with Crippen LogP contribution in [0.2, 0.25) is 0 Å². The number of benzene rings is 2. The van der Waals surface area contributed by atoms with Gasteiger partial charge in [-0.05, 0) is 41.1 Å². The molecule has 0 atom stereocenters. The highest BCUT2D eigenvalue weighted by atomic mass is 32.2. The van der Waals surface area contributed by atoms with Crippen LogP contribution in [0.25, 0.3) is 0 Å². The number of sulfonamides is 1. The smallest absolute Gasteiger partial charge is 0.267 e. The molecule has 0 fully saturated rings. The standard InChI is InChI=1S/C22H22N2O5S2/c1-28-17-7-8-18(19(13-17)29-2)23-22(25)21-20(10-12-30-21)31(26,27)24-11-9-15-5-3-4-6-16(15)14-24/h3-8,10,12-13H,9,11,14H2,1-2H3,(H,23,25). The normalized spacial score (nSPS) is 14.0. The van der Waals surface area contributed by atoms with E-state index < -0.39 is 15.9 Å². The van der Waals surface area contributed by atoms with Gasteiger partial charge in [-0.3, -0.25) is 4.79 Å². The molecule has 0 aliphatic carbocycles. The first kappa shape index (κ1) is 21.4. The third kappa shape index (κ3) is 4.16. The fourth-order valence-corrected chi connectivity index (χ4v) is 6.28. The Kier molecular flexibility index (Phi) is 5.99. The lowest BCUT2D eigenvalue weighted by atomic mass is 10.0. The molecule has 4 rings (SSSR count). The highest BCUT2D eigenvalue weighted by Crippen LogP contribution is 2.32. The van der Waals surface area contributed by atoms with Gasteiger partial charge in [-0.2, -0.15) is 4.31 Å². The number of carbonyl (C=O) groups excluding carboxylic acids is 1. The summed E-state index contributed by atoms with van der Waals surface area (Å²) >= 11 is 1.09. The second-order valence-corrected chi connectivity index (χ2v) is 9.81. The van der Waals surface area contributed by atoms with Crippen molar-refractivity contribution >= 4 is 33.0 Å². The topological polar surface area (TPSA) is 84.9 Å². The Morgan fingerprint density at radius 3 is 2.58 bits per heavy atom. The fourth-order valence-electron chi connectivity index (χ4n) is 3.56. The van der Waals surface area contributed by atoms with Gasteiger partial charge in [-0.1, -0.05) is 24.3 Å². The quantitative estimate of drug-likeness (QED) is 0.608. The van der Waals surface area contributed by atoms with E-state index in [1.165, 1.54) is 24.6 Å². The maximum absolute atomic E-state index is 13.4. The molecule has 1 aromatic heterocycles. The van der Waals surface area contributed by atoms with E-state index >= 15 is 0 Å². The molecule has 1 N–H and O–H groups in total. The molecule has 0 saturated heterocycles. The Hall–Kier alpha value is -2.88. The number of carbonyl (C=O) groups is 1. The molecule has 9 heteroatoms. The van der Waals surface area contributed by atoms with E-state index in [1.54, 1.807) is 23.6 Å². The van der Waals surface area contributed by atoms with Gasteiger partial charge in [0.25, 0.3) is 5.91 Å². The first-order chi connectivity index (χ1) is 14.9. The third-order valence-electron chi connectivity index (χ3n) is 5.21. The van der Waals surface area contributed by atoms with Crippen molar-refractivity contribution in [1.29, 1.82) is 0 Å². The number of hydrogen-bond donors (Lipinski definition) is 1. The van der Waals surface area contributed by atoms with Crippen LogP contribution in [0.4, 0.5) is 5.69 Å². The summed E-state index contributed by atoms with van der Waals surface area (Å²) in [4.78, 5) is 13.1. The van der Waals surface area contributed by atoms with Gasteiger partial charge in [0.15, 0.2) is 0 Å². The van der Waals surface area contributed by atoms with Crippen LogP contribution >= 0.6 is 11.3 Å². The van der Waals surface area contributed by atoms with Crippen molar-refractivity contribution in [2.75, 3.05) is 26.1 Å². The van der Waals surface area contributed by atoms with Crippen LogP contribution in [0.3, 0.4) is 0 Å². The zero-order chi connectivity index (χ0) is 22.0. The minimum Gasteiger partial charge on any atom is -0.497 e. The molecule has 1 aliphatic heterocycles. The van der Waals surface area contributed by atoms with Crippen molar-refractivity contribution in [2.24, 2.45) is 0 Å². The zero-order valence-corrected chi connectivity index (χ0v) is 18.8. The number of thiophene rings is 1. The third-order valence-corrected chi connectivity index (χ3v) is 8.14. The van der Waals surface area contributed by atoms with Crippen molar-refractivity contribution in [3.05, 3.63) is 69.9 Å². The highest BCUT2D eigenvalue weighted by Gasteiger charge is 2.32. The van der Waals surface area contributed by atoms with E-state index in [2.05, 4.69) is 5.32 Å². The van der Waals surface area contributed by atoms with Gasteiger partial charge >= 0.3 is 0 Å². The summed E-state index contributed by atoms with van der Waals surface area (Å²) in [5.41, 5.74) is 2.57. The van der Waals surface area contributed by atoms with Crippen molar-refractivity contribution in [3.63, 3.8) is 0 Å². The first-order valence-corrected chi connectivity index (χ1v) is 11.9. The van der Waals surface area contributed by atoms with Gasteiger partial charge < -0.3 is 14.8 Å². The number of nitrogens with one attached hydrogen (secondary N) is 1. The zero-order valence-electron chi connectivity index (χ0n) is 17.1. The Bertz CT molecular complexity index is 1220. The van der Waals surface area contributed by atoms with Crippen molar-refractivity contribution in [2.45, 2.75) is 17.9 Å². The second-order valence-electron chi connectivity index (χ2n) is 6.99. The van der Waals surface area contributed by atoms with Gasteiger partial charge in [0.05, 0.1) is 19.9 Å². The first-order valence-electron chi connectivity index (χ1n) is 9.62. The van der Waals surface area contributed by atoms with Crippen molar-refractivity contribution in [3.8, 4) is 11.5 Å². The van der Waals surface area contributed by atoms with E-state index in [-0.39, 0.29) is 9.77 Å². The Morgan fingerprint density at radius 2 is 1.84 bits per heavy atom. The lowest BCUT2D eigenvalue weighted by molar-refractivity contribution is 0.102. The monoisotopic (exact) mass is 458 g/mol. The van der Waals surface area contributed by atoms with Gasteiger partial charge in [-0.25, -0.2) is 8.42 Å². The van der Waals surface area contributed by atoms with Crippen LogP contribution in [0.15, 0.2) is 58.8 Å². The molecular formula is C22H22N2O5S2. The van der Waals surface area contributed by atoms with Crippen LogP contribution in [0.5, 0.6) is 11.5 Å². The van der Waals surface area contributed by atoms with E-state index in [4.69, 9.17) is 9.47 Å². The van der Waals surface area contributed by atoms with Crippen LogP contribution in [-0.4, -0.2) is 39.4 Å². The average molecular weight is 459 g/mol. The molecule has 7 nitrogen and oxygen atoms in total. The van der Waals surface area contributed by atoms with Gasteiger partial charge in [0.1, 0.15) is 21.3 Å². The maximum Gasteiger partial charge on any atom is 0.267 e. The molecule has 2 aromatic carbocycles. The summed E-state index contributed by atoms with van der Waals surface area (Å²) in [6.07, 6.45) is 0.643. The van der Waals surface area contributed by atoms with Crippen LogP contribution in [-0.2, 0) is 23.0 Å². The van der Waals surface area contributed by atoms with Gasteiger partial charge in [0.2, 0.25) is 10.0 Å². The van der Waals surface area contributed by atoms with Crippen LogP contribution in [0.1, 0.15) is 20.8 Å². The maximum atomic E-state index is 13.4. The SMILES string of the molecule is COc1ccc(NC(=O)c2sccc2S(=O)(=O)N2CCc3ccccc3C2)c(OC)c1. The number of nitrogens with zero attached hydrogens (tertiary/aromatic N) is 1. The Balaban J connectivity index is 1.59. The fraction of sp³-hybridized carbons (Fsp3) is 0.227. The predicted octanol–water partition coefficient (Wildman–Crippen LogP) is 3.76. The Labute approximate surface area is 185 Å². The molecule has 31 heavy (non-hydrogen) atoms. The molecule has 1 aliphatic rings.